The lowest BCUT2D eigenvalue weighted by Gasteiger charge is -2.29. The molecule has 2 aliphatic rings. The second kappa shape index (κ2) is 3.95. The van der Waals surface area contributed by atoms with Gasteiger partial charge in [-0.1, -0.05) is 12.1 Å². The van der Waals surface area contributed by atoms with Gasteiger partial charge in [-0.25, -0.2) is 9.97 Å². The van der Waals surface area contributed by atoms with Crippen LogP contribution in [0.25, 0.3) is 0 Å². The Morgan fingerprint density at radius 2 is 1.90 bits per heavy atom. The summed E-state index contributed by atoms with van der Waals surface area (Å²) in [6.07, 6.45) is 4.93. The number of hydrogen-bond acceptors (Lipinski definition) is 4. The van der Waals surface area contributed by atoms with E-state index in [-0.39, 0.29) is 0 Å². The van der Waals surface area contributed by atoms with Gasteiger partial charge in [-0.15, -0.1) is 0 Å². The van der Waals surface area contributed by atoms with Crippen LogP contribution < -0.4 is 9.80 Å². The van der Waals surface area contributed by atoms with Crippen molar-refractivity contribution in [3.8, 4) is 0 Å². The minimum atomic E-state index is 0.323. The number of aryl methyl sites for hydroxylation is 1. The summed E-state index contributed by atoms with van der Waals surface area (Å²) in [5.41, 5.74) is 3.99. The van der Waals surface area contributed by atoms with E-state index in [0.29, 0.717) is 12.2 Å². The molecule has 0 amide bonds. The van der Waals surface area contributed by atoms with Crippen LogP contribution in [0.1, 0.15) is 25.0 Å². The van der Waals surface area contributed by atoms with Crippen molar-refractivity contribution < 1.29 is 0 Å². The van der Waals surface area contributed by atoms with E-state index in [9.17, 15) is 0 Å². The SMILES string of the molecule is Cc1ccc2c(c1)N1c3nccnc3N(C(C)C)C1C2. The molecule has 0 bridgehead atoms. The van der Waals surface area contributed by atoms with E-state index in [1.807, 2.05) is 0 Å². The first-order valence-electron chi connectivity index (χ1n) is 7.15. The van der Waals surface area contributed by atoms with E-state index in [4.69, 9.17) is 0 Å². The molecule has 4 nitrogen and oxygen atoms in total. The smallest absolute Gasteiger partial charge is 0.178 e. The number of rotatable bonds is 1. The Labute approximate surface area is 119 Å². The summed E-state index contributed by atoms with van der Waals surface area (Å²) < 4.78 is 0. The zero-order valence-corrected chi connectivity index (χ0v) is 12.0. The molecular weight excluding hydrogens is 248 g/mol. The molecule has 0 spiro atoms. The standard InChI is InChI=1S/C16H18N4/c1-10(2)19-14-9-12-5-4-11(3)8-13(12)20(14)16-15(19)17-6-7-18-16/h4-8,10,14H,9H2,1-3H3. The van der Waals surface area contributed by atoms with Gasteiger partial charge in [-0.3, -0.25) is 0 Å². The fourth-order valence-electron chi connectivity index (χ4n) is 3.40. The predicted molar refractivity (Wildman–Crippen MR) is 80.5 cm³/mol. The second-order valence-corrected chi connectivity index (χ2v) is 5.89. The molecule has 102 valence electrons. The lowest BCUT2D eigenvalue weighted by molar-refractivity contribution is 0.584. The highest BCUT2D eigenvalue weighted by Crippen LogP contribution is 2.48. The van der Waals surface area contributed by atoms with Gasteiger partial charge in [0.25, 0.3) is 0 Å². The topological polar surface area (TPSA) is 32.3 Å². The third kappa shape index (κ3) is 1.42. The minimum Gasteiger partial charge on any atom is -0.330 e. The van der Waals surface area contributed by atoms with Gasteiger partial charge in [0, 0.05) is 30.5 Å². The van der Waals surface area contributed by atoms with E-state index in [1.165, 1.54) is 16.8 Å². The van der Waals surface area contributed by atoms with Gasteiger partial charge >= 0.3 is 0 Å². The van der Waals surface area contributed by atoms with Crippen molar-refractivity contribution in [1.82, 2.24) is 9.97 Å². The third-order valence-electron chi connectivity index (χ3n) is 4.21. The molecular formula is C16H18N4. The summed E-state index contributed by atoms with van der Waals surface area (Å²) in [5, 5.41) is 0. The maximum atomic E-state index is 4.58. The molecule has 0 saturated carbocycles. The molecule has 0 saturated heterocycles. The average Bonchev–Trinajstić information content (AvgIpc) is 2.92. The van der Waals surface area contributed by atoms with Crippen molar-refractivity contribution in [3.63, 3.8) is 0 Å². The quantitative estimate of drug-likeness (QED) is 0.794. The van der Waals surface area contributed by atoms with Crippen LogP contribution in [-0.2, 0) is 6.42 Å². The van der Waals surface area contributed by atoms with Crippen molar-refractivity contribution in [2.24, 2.45) is 0 Å². The third-order valence-corrected chi connectivity index (χ3v) is 4.21. The van der Waals surface area contributed by atoms with E-state index in [1.54, 1.807) is 12.4 Å². The number of hydrogen-bond donors (Lipinski definition) is 0. The first-order chi connectivity index (χ1) is 9.66. The zero-order valence-electron chi connectivity index (χ0n) is 12.0. The van der Waals surface area contributed by atoms with Crippen molar-refractivity contribution in [2.45, 2.75) is 39.4 Å². The molecule has 4 heteroatoms. The van der Waals surface area contributed by atoms with Gasteiger partial charge in [0.1, 0.15) is 6.17 Å². The molecule has 2 aromatic rings. The number of fused-ring (bicyclic) bond motifs is 5. The highest BCUT2D eigenvalue weighted by atomic mass is 15.5. The normalized spacial score (nSPS) is 19.3. The van der Waals surface area contributed by atoms with Gasteiger partial charge in [-0.05, 0) is 38.0 Å². The Morgan fingerprint density at radius 3 is 2.65 bits per heavy atom. The van der Waals surface area contributed by atoms with Gasteiger partial charge in [-0.2, -0.15) is 0 Å². The van der Waals surface area contributed by atoms with Crippen LogP contribution in [0.4, 0.5) is 17.3 Å². The van der Waals surface area contributed by atoms with Crippen LogP contribution in [-0.4, -0.2) is 22.2 Å². The first-order valence-corrected chi connectivity index (χ1v) is 7.15. The van der Waals surface area contributed by atoms with Crippen LogP contribution in [0.15, 0.2) is 30.6 Å². The molecule has 20 heavy (non-hydrogen) atoms. The van der Waals surface area contributed by atoms with Gasteiger partial charge < -0.3 is 9.80 Å². The average molecular weight is 266 g/mol. The van der Waals surface area contributed by atoms with Crippen LogP contribution in [0, 0.1) is 6.92 Å². The summed E-state index contributed by atoms with van der Waals surface area (Å²) in [7, 11) is 0. The van der Waals surface area contributed by atoms with Crippen LogP contribution in [0.3, 0.4) is 0 Å². The molecule has 0 N–H and O–H groups in total. The Kier molecular flexibility index (Phi) is 2.31. The lowest BCUT2D eigenvalue weighted by Crippen LogP contribution is -2.43. The highest BCUT2D eigenvalue weighted by Gasteiger charge is 2.44. The number of nitrogens with zero attached hydrogens (tertiary/aromatic N) is 4. The predicted octanol–water partition coefficient (Wildman–Crippen LogP) is 3.03. The summed E-state index contributed by atoms with van der Waals surface area (Å²) in [5.74, 6) is 2.01. The molecule has 3 heterocycles. The van der Waals surface area contributed by atoms with Crippen molar-refractivity contribution in [2.75, 3.05) is 9.80 Å². The summed E-state index contributed by atoms with van der Waals surface area (Å²) in [6, 6.07) is 7.11. The number of aromatic nitrogens is 2. The van der Waals surface area contributed by atoms with E-state index < -0.39 is 0 Å². The van der Waals surface area contributed by atoms with Crippen LogP contribution in [0.2, 0.25) is 0 Å². The Hall–Kier alpha value is -2.10. The first kappa shape index (κ1) is 11.7. The second-order valence-electron chi connectivity index (χ2n) is 5.89. The Morgan fingerprint density at radius 1 is 1.15 bits per heavy atom. The zero-order chi connectivity index (χ0) is 13.9. The fraction of sp³-hybridized carbons (Fsp3) is 0.375. The molecule has 1 unspecified atom stereocenters. The van der Waals surface area contributed by atoms with E-state index in [0.717, 1.165) is 18.1 Å². The molecule has 1 aromatic heterocycles. The lowest BCUT2D eigenvalue weighted by atomic mass is 10.1. The maximum Gasteiger partial charge on any atom is 0.178 e. The maximum absolute atomic E-state index is 4.58. The molecule has 2 aliphatic heterocycles. The van der Waals surface area contributed by atoms with Crippen molar-refractivity contribution in [1.29, 1.82) is 0 Å². The number of anilines is 3. The fourth-order valence-corrected chi connectivity index (χ4v) is 3.40. The van der Waals surface area contributed by atoms with Gasteiger partial charge in [0.05, 0.1) is 0 Å². The monoisotopic (exact) mass is 266 g/mol. The summed E-state index contributed by atoms with van der Waals surface area (Å²) in [6.45, 7) is 6.58. The molecule has 4 rings (SSSR count). The summed E-state index contributed by atoms with van der Waals surface area (Å²) >= 11 is 0. The van der Waals surface area contributed by atoms with Gasteiger partial charge in [0.15, 0.2) is 11.6 Å². The molecule has 1 aromatic carbocycles. The highest BCUT2D eigenvalue weighted by molar-refractivity contribution is 5.82. The number of benzene rings is 1. The van der Waals surface area contributed by atoms with E-state index in [2.05, 4.69) is 58.7 Å². The Balaban J connectivity index is 1.92. The Bertz CT molecular complexity index is 680. The van der Waals surface area contributed by atoms with E-state index >= 15 is 0 Å². The molecule has 0 aliphatic carbocycles. The van der Waals surface area contributed by atoms with Crippen molar-refractivity contribution in [3.05, 3.63) is 41.7 Å². The van der Waals surface area contributed by atoms with Crippen LogP contribution in [0.5, 0.6) is 0 Å². The molecule has 0 fully saturated rings. The molecule has 1 atom stereocenters. The largest absolute Gasteiger partial charge is 0.330 e. The summed E-state index contributed by atoms with van der Waals surface area (Å²) in [4.78, 5) is 13.9. The van der Waals surface area contributed by atoms with Crippen molar-refractivity contribution >= 4 is 17.3 Å². The van der Waals surface area contributed by atoms with Crippen LogP contribution >= 0.6 is 0 Å². The molecule has 0 radical (unpaired) electrons. The minimum absolute atomic E-state index is 0.323. The van der Waals surface area contributed by atoms with Gasteiger partial charge in [0.2, 0.25) is 0 Å².